The van der Waals surface area contributed by atoms with Gasteiger partial charge in [-0.25, -0.2) is 0 Å². The zero-order valence-corrected chi connectivity index (χ0v) is 8.90. The smallest absolute Gasteiger partial charge is 0.0230 e. The minimum absolute atomic E-state index is 0.303. The van der Waals surface area contributed by atoms with Crippen LogP contribution in [-0.2, 0) is 0 Å². The van der Waals surface area contributed by atoms with Crippen LogP contribution in [0.15, 0.2) is 42.7 Å². The minimum atomic E-state index is 0.303. The molecule has 0 aliphatic carbocycles. The molecule has 2 nitrogen and oxygen atoms in total. The van der Waals surface area contributed by atoms with Gasteiger partial charge >= 0.3 is 0 Å². The Morgan fingerprint density at radius 3 is 2.67 bits per heavy atom. The number of H-pyrrole nitrogens is 1. The molecule has 1 aromatic carbocycles. The van der Waals surface area contributed by atoms with E-state index in [1.165, 1.54) is 16.7 Å². The number of nitrogens with two attached hydrogens (primary N) is 1. The fourth-order valence-electron chi connectivity index (χ4n) is 1.97. The summed E-state index contributed by atoms with van der Waals surface area (Å²) in [5, 5.41) is 0. The van der Waals surface area contributed by atoms with Crippen molar-refractivity contribution in [3.63, 3.8) is 0 Å². The second kappa shape index (κ2) is 4.32. The Kier molecular flexibility index (Phi) is 2.88. The summed E-state index contributed by atoms with van der Waals surface area (Å²) in [6, 6.07) is 10.5. The fourth-order valence-corrected chi connectivity index (χ4v) is 1.97. The van der Waals surface area contributed by atoms with Crippen LogP contribution in [0.3, 0.4) is 0 Å². The van der Waals surface area contributed by atoms with Gasteiger partial charge in [0.05, 0.1) is 0 Å². The lowest BCUT2D eigenvalue weighted by molar-refractivity contribution is 0.813. The van der Waals surface area contributed by atoms with Crippen LogP contribution in [0.2, 0.25) is 0 Å². The van der Waals surface area contributed by atoms with Crippen molar-refractivity contribution >= 4 is 0 Å². The van der Waals surface area contributed by atoms with Gasteiger partial charge in [-0.05, 0) is 29.7 Å². The van der Waals surface area contributed by atoms with E-state index in [1.807, 2.05) is 12.4 Å². The lowest BCUT2D eigenvalue weighted by atomic mass is 9.90. The summed E-state index contributed by atoms with van der Waals surface area (Å²) in [5.74, 6) is 0.303. The van der Waals surface area contributed by atoms with E-state index in [-0.39, 0.29) is 0 Å². The Hall–Kier alpha value is -1.54. The second-order valence-corrected chi connectivity index (χ2v) is 3.79. The molecule has 0 aliphatic heterocycles. The summed E-state index contributed by atoms with van der Waals surface area (Å²) in [4.78, 5) is 3.08. The van der Waals surface area contributed by atoms with Crippen LogP contribution >= 0.6 is 0 Å². The van der Waals surface area contributed by atoms with Crippen LogP contribution in [0, 0.1) is 6.92 Å². The summed E-state index contributed by atoms with van der Waals surface area (Å²) in [7, 11) is 0. The molecule has 0 saturated carbocycles. The maximum absolute atomic E-state index is 5.85. The molecule has 1 atom stereocenters. The number of nitrogens with one attached hydrogen (secondary N) is 1. The second-order valence-electron chi connectivity index (χ2n) is 3.79. The lowest BCUT2D eigenvalue weighted by Crippen LogP contribution is -2.14. The summed E-state index contributed by atoms with van der Waals surface area (Å²) in [5.41, 5.74) is 9.73. The van der Waals surface area contributed by atoms with Crippen LogP contribution in [0.1, 0.15) is 22.6 Å². The van der Waals surface area contributed by atoms with Gasteiger partial charge in [0.15, 0.2) is 0 Å². The summed E-state index contributed by atoms with van der Waals surface area (Å²) in [6.07, 6.45) is 3.96. The predicted molar refractivity (Wildman–Crippen MR) is 62.9 cm³/mol. The Morgan fingerprint density at radius 1 is 1.27 bits per heavy atom. The topological polar surface area (TPSA) is 41.8 Å². The van der Waals surface area contributed by atoms with Crippen LogP contribution < -0.4 is 5.73 Å². The van der Waals surface area contributed by atoms with E-state index in [2.05, 4.69) is 42.2 Å². The molecule has 78 valence electrons. The molecule has 1 heterocycles. The molecule has 15 heavy (non-hydrogen) atoms. The third-order valence-electron chi connectivity index (χ3n) is 2.82. The molecule has 1 aromatic heterocycles. The first-order chi connectivity index (χ1) is 7.33. The first kappa shape index (κ1) is 9.99. The van der Waals surface area contributed by atoms with Crippen molar-refractivity contribution in [2.45, 2.75) is 12.8 Å². The molecule has 2 aromatic rings. The molecular weight excluding hydrogens is 184 g/mol. The Labute approximate surface area is 90.1 Å². The van der Waals surface area contributed by atoms with Crippen molar-refractivity contribution in [3.8, 4) is 0 Å². The molecule has 2 rings (SSSR count). The molecule has 2 heteroatoms. The molecule has 0 spiro atoms. The monoisotopic (exact) mass is 200 g/mol. The number of rotatable bonds is 3. The maximum atomic E-state index is 5.85. The van der Waals surface area contributed by atoms with Gasteiger partial charge in [-0.3, -0.25) is 0 Å². The van der Waals surface area contributed by atoms with Crippen LogP contribution in [0.5, 0.6) is 0 Å². The Morgan fingerprint density at radius 2 is 2.07 bits per heavy atom. The molecule has 3 N–H and O–H groups in total. The van der Waals surface area contributed by atoms with Crippen molar-refractivity contribution in [1.82, 2.24) is 4.98 Å². The number of aromatic nitrogens is 1. The Balaban J connectivity index is 2.40. The first-order valence-electron chi connectivity index (χ1n) is 5.21. The standard InChI is InChI=1S/C13H16N2/c1-10-4-2-3-5-12(10)13(8-14)11-6-7-15-9-11/h2-7,9,13,15H,8,14H2,1H3. The van der Waals surface area contributed by atoms with Crippen molar-refractivity contribution in [1.29, 1.82) is 0 Å². The van der Waals surface area contributed by atoms with Gasteiger partial charge < -0.3 is 10.7 Å². The quantitative estimate of drug-likeness (QED) is 0.785. The predicted octanol–water partition coefficient (Wildman–Crippen LogP) is 2.41. The molecule has 1 unspecified atom stereocenters. The van der Waals surface area contributed by atoms with Gasteiger partial charge in [-0.2, -0.15) is 0 Å². The maximum Gasteiger partial charge on any atom is 0.0230 e. The third-order valence-corrected chi connectivity index (χ3v) is 2.82. The molecule has 0 saturated heterocycles. The van der Waals surface area contributed by atoms with Gasteiger partial charge in [0, 0.05) is 24.9 Å². The molecule has 0 amide bonds. The summed E-state index contributed by atoms with van der Waals surface area (Å²) >= 11 is 0. The molecule has 0 fully saturated rings. The molecule has 0 bridgehead atoms. The minimum Gasteiger partial charge on any atom is -0.367 e. The average molecular weight is 200 g/mol. The number of hydrogen-bond donors (Lipinski definition) is 2. The van der Waals surface area contributed by atoms with Crippen LogP contribution in [0.4, 0.5) is 0 Å². The van der Waals surface area contributed by atoms with Gasteiger partial charge in [0.25, 0.3) is 0 Å². The van der Waals surface area contributed by atoms with E-state index in [0.717, 1.165) is 0 Å². The highest BCUT2D eigenvalue weighted by atomic mass is 14.6. The van der Waals surface area contributed by atoms with Crippen LogP contribution in [0.25, 0.3) is 0 Å². The van der Waals surface area contributed by atoms with Gasteiger partial charge in [0.1, 0.15) is 0 Å². The first-order valence-corrected chi connectivity index (χ1v) is 5.21. The normalized spacial score (nSPS) is 12.7. The van der Waals surface area contributed by atoms with Crippen molar-refractivity contribution in [3.05, 3.63) is 59.4 Å². The summed E-state index contributed by atoms with van der Waals surface area (Å²) < 4.78 is 0. The SMILES string of the molecule is Cc1ccccc1C(CN)c1cc[nH]c1. The third kappa shape index (κ3) is 1.95. The van der Waals surface area contributed by atoms with E-state index in [0.29, 0.717) is 12.5 Å². The van der Waals surface area contributed by atoms with E-state index < -0.39 is 0 Å². The number of benzene rings is 1. The number of aryl methyl sites for hydroxylation is 1. The highest BCUT2D eigenvalue weighted by Gasteiger charge is 2.13. The fraction of sp³-hybridized carbons (Fsp3) is 0.231. The van der Waals surface area contributed by atoms with Gasteiger partial charge in [-0.15, -0.1) is 0 Å². The number of aromatic amines is 1. The highest BCUT2D eigenvalue weighted by molar-refractivity contribution is 5.36. The Bertz CT molecular complexity index is 418. The molecular formula is C13H16N2. The average Bonchev–Trinajstić information content (AvgIpc) is 2.75. The van der Waals surface area contributed by atoms with Gasteiger partial charge in [-0.1, -0.05) is 24.3 Å². The molecule has 0 aliphatic rings. The van der Waals surface area contributed by atoms with Crippen molar-refractivity contribution in [2.75, 3.05) is 6.54 Å². The summed E-state index contributed by atoms with van der Waals surface area (Å²) in [6.45, 7) is 2.77. The molecule has 0 radical (unpaired) electrons. The number of hydrogen-bond acceptors (Lipinski definition) is 1. The van der Waals surface area contributed by atoms with Crippen LogP contribution in [-0.4, -0.2) is 11.5 Å². The van der Waals surface area contributed by atoms with Crippen molar-refractivity contribution in [2.24, 2.45) is 5.73 Å². The largest absolute Gasteiger partial charge is 0.367 e. The van der Waals surface area contributed by atoms with Gasteiger partial charge in [0.2, 0.25) is 0 Å². The van der Waals surface area contributed by atoms with E-state index in [9.17, 15) is 0 Å². The zero-order valence-electron chi connectivity index (χ0n) is 8.90. The zero-order chi connectivity index (χ0) is 10.7. The van der Waals surface area contributed by atoms with E-state index in [4.69, 9.17) is 5.73 Å². The highest BCUT2D eigenvalue weighted by Crippen LogP contribution is 2.25. The lowest BCUT2D eigenvalue weighted by Gasteiger charge is -2.16. The van der Waals surface area contributed by atoms with Crippen molar-refractivity contribution < 1.29 is 0 Å². The van der Waals surface area contributed by atoms with E-state index in [1.54, 1.807) is 0 Å². The van der Waals surface area contributed by atoms with E-state index >= 15 is 0 Å².